The summed E-state index contributed by atoms with van der Waals surface area (Å²) in [4.78, 5) is 3.77. The molecule has 0 aliphatic heterocycles. The Labute approximate surface area is 89.1 Å². The van der Waals surface area contributed by atoms with Gasteiger partial charge in [0.2, 0.25) is 0 Å². The smallest absolute Gasteiger partial charge is 0.280 e. The lowest BCUT2D eigenvalue weighted by Crippen LogP contribution is -2.03. The number of hydrogen-bond acceptors (Lipinski definition) is 2. The van der Waals surface area contributed by atoms with Crippen molar-refractivity contribution in [1.82, 2.24) is 4.98 Å². The lowest BCUT2D eigenvalue weighted by molar-refractivity contribution is 0.145. The maximum absolute atomic E-state index is 12.4. The summed E-state index contributed by atoms with van der Waals surface area (Å²) in [6.07, 6.45) is -2.57. The molecular weight excluding hydrogens is 256 g/mol. The zero-order valence-corrected chi connectivity index (χ0v) is 9.18. The van der Waals surface area contributed by atoms with Gasteiger partial charge < -0.3 is 5.11 Å². The fourth-order valence-electron chi connectivity index (χ4n) is 1.23. The Morgan fingerprint density at radius 2 is 2.21 bits per heavy atom. The van der Waals surface area contributed by atoms with Crippen LogP contribution in [0.4, 0.5) is 8.78 Å². The van der Waals surface area contributed by atoms with Crippen LogP contribution in [0.25, 0.3) is 0 Å². The van der Waals surface area contributed by atoms with Gasteiger partial charge in [-0.2, -0.15) is 0 Å². The highest BCUT2D eigenvalue weighted by molar-refractivity contribution is 9.08. The van der Waals surface area contributed by atoms with Gasteiger partial charge >= 0.3 is 0 Å². The molecule has 0 aliphatic carbocycles. The van der Waals surface area contributed by atoms with Crippen molar-refractivity contribution in [1.29, 1.82) is 0 Å². The summed E-state index contributed by atoms with van der Waals surface area (Å²) in [6, 6.07) is 1.31. The van der Waals surface area contributed by atoms with Crippen LogP contribution in [0.3, 0.4) is 0 Å². The molecule has 0 atom stereocenters. The number of aromatic nitrogens is 1. The van der Waals surface area contributed by atoms with Gasteiger partial charge in [-0.15, -0.1) is 0 Å². The number of halogens is 3. The van der Waals surface area contributed by atoms with Crippen LogP contribution >= 0.6 is 15.9 Å². The summed E-state index contributed by atoms with van der Waals surface area (Å²) in [6.45, 7) is 1.51. The summed E-state index contributed by atoms with van der Waals surface area (Å²) in [5.41, 5.74) is 1.50. The highest BCUT2D eigenvalue weighted by Crippen LogP contribution is 2.22. The lowest BCUT2D eigenvalue weighted by atomic mass is 10.1. The van der Waals surface area contributed by atoms with Gasteiger partial charge in [-0.05, 0) is 18.6 Å². The molecule has 1 N–H and O–H groups in total. The van der Waals surface area contributed by atoms with Crippen LogP contribution in [-0.4, -0.2) is 10.1 Å². The molecule has 0 saturated heterocycles. The first-order valence-corrected chi connectivity index (χ1v) is 5.16. The summed E-state index contributed by atoms with van der Waals surface area (Å²) in [5, 5.41) is 9.38. The van der Waals surface area contributed by atoms with Gasteiger partial charge in [0.05, 0.1) is 12.3 Å². The van der Waals surface area contributed by atoms with E-state index in [2.05, 4.69) is 20.9 Å². The predicted octanol–water partition coefficient (Wildman–Crippen LogP) is 2.71. The highest BCUT2D eigenvalue weighted by atomic mass is 79.9. The minimum absolute atomic E-state index is 0.177. The van der Waals surface area contributed by atoms with Gasteiger partial charge in [-0.1, -0.05) is 15.9 Å². The molecule has 78 valence electrons. The SMILES string of the molecule is Cc1cc(C(F)F)nc(CBr)c1CO. The van der Waals surface area contributed by atoms with E-state index in [0.29, 0.717) is 22.2 Å². The molecule has 2 nitrogen and oxygen atoms in total. The Morgan fingerprint density at radius 1 is 1.57 bits per heavy atom. The fraction of sp³-hybridized carbons (Fsp3) is 0.444. The second-order valence-corrected chi connectivity index (χ2v) is 3.44. The van der Waals surface area contributed by atoms with E-state index in [1.807, 2.05) is 0 Å². The van der Waals surface area contributed by atoms with E-state index in [1.165, 1.54) is 6.07 Å². The van der Waals surface area contributed by atoms with Gasteiger partial charge in [-0.3, -0.25) is 4.98 Å². The maximum atomic E-state index is 12.4. The molecule has 0 saturated carbocycles. The fourth-order valence-corrected chi connectivity index (χ4v) is 1.69. The first-order valence-electron chi connectivity index (χ1n) is 4.04. The number of hydrogen-bond donors (Lipinski definition) is 1. The molecule has 0 aliphatic rings. The predicted molar refractivity (Wildman–Crippen MR) is 52.5 cm³/mol. The van der Waals surface area contributed by atoms with Crippen molar-refractivity contribution in [3.63, 3.8) is 0 Å². The van der Waals surface area contributed by atoms with Crippen molar-refractivity contribution >= 4 is 15.9 Å². The molecule has 0 amide bonds. The Kier molecular flexibility index (Phi) is 3.95. The largest absolute Gasteiger partial charge is 0.392 e. The number of aryl methyl sites for hydroxylation is 1. The van der Waals surface area contributed by atoms with E-state index in [1.54, 1.807) is 6.92 Å². The minimum atomic E-state index is -2.57. The molecule has 0 aromatic carbocycles. The quantitative estimate of drug-likeness (QED) is 0.853. The van der Waals surface area contributed by atoms with E-state index < -0.39 is 6.43 Å². The Bertz CT molecular complexity index is 331. The first kappa shape index (κ1) is 11.5. The summed E-state index contributed by atoms with van der Waals surface area (Å²) in [5.74, 6) is 0. The van der Waals surface area contributed by atoms with Gasteiger partial charge in [0, 0.05) is 10.9 Å². The zero-order valence-electron chi connectivity index (χ0n) is 7.60. The van der Waals surface area contributed by atoms with Crippen LogP contribution < -0.4 is 0 Å². The van der Waals surface area contributed by atoms with Crippen molar-refractivity contribution in [3.05, 3.63) is 28.6 Å². The van der Waals surface area contributed by atoms with Crippen LogP contribution in [-0.2, 0) is 11.9 Å². The molecule has 1 aromatic rings. The Hall–Kier alpha value is -0.550. The molecule has 0 spiro atoms. The molecule has 0 fully saturated rings. The van der Waals surface area contributed by atoms with E-state index in [-0.39, 0.29) is 12.3 Å². The van der Waals surface area contributed by atoms with Crippen molar-refractivity contribution in [2.75, 3.05) is 0 Å². The van der Waals surface area contributed by atoms with Gasteiger partial charge in [0.25, 0.3) is 6.43 Å². The standard InChI is InChI=1S/C9H10BrF2NO/c1-5-2-7(9(11)12)13-8(3-10)6(5)4-14/h2,9,14H,3-4H2,1H3. The normalized spacial score (nSPS) is 11.0. The third-order valence-corrected chi connectivity index (χ3v) is 2.49. The monoisotopic (exact) mass is 265 g/mol. The molecule has 5 heteroatoms. The van der Waals surface area contributed by atoms with Crippen molar-refractivity contribution in [2.45, 2.75) is 25.3 Å². The topological polar surface area (TPSA) is 33.1 Å². The molecule has 1 heterocycles. The van der Waals surface area contributed by atoms with Crippen LogP contribution in [0.5, 0.6) is 0 Å². The zero-order chi connectivity index (χ0) is 10.7. The van der Waals surface area contributed by atoms with E-state index in [9.17, 15) is 8.78 Å². The molecule has 1 rings (SSSR count). The third kappa shape index (κ3) is 2.27. The Balaban J connectivity index is 3.24. The maximum Gasteiger partial charge on any atom is 0.280 e. The summed E-state index contributed by atoms with van der Waals surface area (Å²) >= 11 is 3.15. The van der Waals surface area contributed by atoms with E-state index >= 15 is 0 Å². The molecule has 0 radical (unpaired) electrons. The first-order chi connectivity index (χ1) is 6.60. The molecule has 0 bridgehead atoms. The highest BCUT2D eigenvalue weighted by Gasteiger charge is 2.14. The second kappa shape index (κ2) is 4.79. The van der Waals surface area contributed by atoms with Crippen molar-refractivity contribution < 1.29 is 13.9 Å². The molecular formula is C9H10BrF2NO. The van der Waals surface area contributed by atoms with Crippen molar-refractivity contribution in [2.24, 2.45) is 0 Å². The van der Waals surface area contributed by atoms with Crippen LogP contribution in [0.2, 0.25) is 0 Å². The van der Waals surface area contributed by atoms with Crippen LogP contribution in [0.1, 0.15) is 28.9 Å². The molecule has 1 aromatic heterocycles. The number of nitrogens with zero attached hydrogens (tertiary/aromatic N) is 1. The number of aliphatic hydroxyl groups excluding tert-OH is 1. The average Bonchev–Trinajstić information content (AvgIpc) is 2.16. The van der Waals surface area contributed by atoms with Crippen molar-refractivity contribution in [3.8, 4) is 0 Å². The average molecular weight is 266 g/mol. The van der Waals surface area contributed by atoms with Crippen LogP contribution in [0, 0.1) is 6.92 Å². The van der Waals surface area contributed by atoms with Gasteiger partial charge in [0.15, 0.2) is 0 Å². The number of rotatable bonds is 3. The lowest BCUT2D eigenvalue weighted by Gasteiger charge is -2.10. The summed E-state index contributed by atoms with van der Waals surface area (Å²) < 4.78 is 24.7. The third-order valence-electron chi connectivity index (χ3n) is 1.96. The van der Waals surface area contributed by atoms with Crippen LogP contribution in [0.15, 0.2) is 6.07 Å². The minimum Gasteiger partial charge on any atom is -0.392 e. The van der Waals surface area contributed by atoms with Gasteiger partial charge in [-0.25, -0.2) is 8.78 Å². The second-order valence-electron chi connectivity index (χ2n) is 2.88. The number of alkyl halides is 3. The molecule has 14 heavy (non-hydrogen) atoms. The summed E-state index contributed by atoms with van der Waals surface area (Å²) in [7, 11) is 0. The number of aliphatic hydroxyl groups is 1. The number of pyridine rings is 1. The van der Waals surface area contributed by atoms with E-state index in [0.717, 1.165) is 0 Å². The molecule has 0 unspecified atom stereocenters. The van der Waals surface area contributed by atoms with E-state index in [4.69, 9.17) is 5.11 Å². The Morgan fingerprint density at radius 3 is 2.64 bits per heavy atom. The van der Waals surface area contributed by atoms with Gasteiger partial charge in [0.1, 0.15) is 5.69 Å².